The van der Waals surface area contributed by atoms with Crippen LogP contribution in [0.2, 0.25) is 0 Å². The lowest BCUT2D eigenvalue weighted by Gasteiger charge is -2.09. The number of rotatable bonds is 3. The molecule has 0 unspecified atom stereocenters. The maximum absolute atomic E-state index is 12.0. The number of carboxylic acid groups (broad SMARTS) is 1. The molecule has 2 amide bonds. The van der Waals surface area contributed by atoms with Gasteiger partial charge >= 0.3 is 18.2 Å². The lowest BCUT2D eigenvalue weighted by Crippen LogP contribution is -2.36. The van der Waals surface area contributed by atoms with Crippen molar-refractivity contribution < 1.29 is 27.9 Å². The Morgan fingerprint density at radius 1 is 1.30 bits per heavy atom. The second-order valence-electron chi connectivity index (χ2n) is 4.29. The number of hydrogen-bond donors (Lipinski definition) is 3. The Kier molecular flexibility index (Phi) is 3.89. The lowest BCUT2D eigenvalue weighted by molar-refractivity contribution is -0.122. The molecule has 110 valence electrons. The zero-order valence-electron chi connectivity index (χ0n) is 10.1. The molecule has 0 saturated heterocycles. The fraction of sp³-hybridized carbons (Fsp3) is 0.455. The maximum Gasteiger partial charge on any atom is 0.405 e. The molecular formula is C11H11F3N2O3S. The molecule has 0 bridgehead atoms. The minimum absolute atomic E-state index is 0.00958. The number of fused-ring (bicyclic) bond motifs is 1. The van der Waals surface area contributed by atoms with Crippen LogP contribution in [0.25, 0.3) is 0 Å². The van der Waals surface area contributed by atoms with Gasteiger partial charge in [0.2, 0.25) is 0 Å². The number of hydrogen-bond acceptors (Lipinski definition) is 3. The second-order valence-corrected chi connectivity index (χ2v) is 5.39. The van der Waals surface area contributed by atoms with Crippen molar-refractivity contribution in [1.29, 1.82) is 0 Å². The molecule has 1 heterocycles. The highest BCUT2D eigenvalue weighted by Crippen LogP contribution is 2.38. The Morgan fingerprint density at radius 3 is 2.60 bits per heavy atom. The first-order chi connectivity index (χ1) is 9.28. The quantitative estimate of drug-likeness (QED) is 0.803. The van der Waals surface area contributed by atoms with Crippen LogP contribution in [0, 0.1) is 0 Å². The number of aromatic carboxylic acids is 1. The number of alkyl halides is 3. The molecule has 1 aromatic rings. The van der Waals surface area contributed by atoms with Crippen molar-refractivity contribution >= 4 is 28.3 Å². The van der Waals surface area contributed by atoms with E-state index in [-0.39, 0.29) is 10.6 Å². The third-order valence-electron chi connectivity index (χ3n) is 2.81. The molecule has 9 heteroatoms. The summed E-state index contributed by atoms with van der Waals surface area (Å²) in [4.78, 5) is 23.4. The number of aryl methyl sites for hydroxylation is 1. The number of nitrogens with one attached hydrogen (secondary N) is 2. The first-order valence-electron chi connectivity index (χ1n) is 5.77. The third kappa shape index (κ3) is 3.21. The van der Waals surface area contributed by atoms with Gasteiger partial charge in [-0.1, -0.05) is 0 Å². The van der Waals surface area contributed by atoms with Gasteiger partial charge in [-0.3, -0.25) is 5.32 Å². The van der Waals surface area contributed by atoms with E-state index in [4.69, 9.17) is 5.11 Å². The summed E-state index contributed by atoms with van der Waals surface area (Å²) in [5.41, 5.74) is 0.665. The van der Waals surface area contributed by atoms with E-state index in [2.05, 4.69) is 5.32 Å². The van der Waals surface area contributed by atoms with Gasteiger partial charge in [0.15, 0.2) is 0 Å². The molecule has 1 aliphatic rings. The first-order valence-corrected chi connectivity index (χ1v) is 6.59. The van der Waals surface area contributed by atoms with Gasteiger partial charge in [-0.15, -0.1) is 11.3 Å². The minimum atomic E-state index is -4.51. The molecule has 0 radical (unpaired) electrons. The Balaban J connectivity index is 2.10. The van der Waals surface area contributed by atoms with Crippen molar-refractivity contribution in [2.24, 2.45) is 0 Å². The highest BCUT2D eigenvalue weighted by molar-refractivity contribution is 7.17. The van der Waals surface area contributed by atoms with Crippen LogP contribution in [0.1, 0.15) is 27.2 Å². The molecule has 0 fully saturated rings. The topological polar surface area (TPSA) is 78.4 Å². The van der Waals surface area contributed by atoms with Crippen LogP contribution in [0.15, 0.2) is 0 Å². The van der Waals surface area contributed by atoms with Crippen LogP contribution in [0.4, 0.5) is 23.0 Å². The summed E-state index contributed by atoms with van der Waals surface area (Å²) in [7, 11) is 0. The number of amides is 2. The lowest BCUT2D eigenvalue weighted by atomic mass is 10.1. The molecule has 20 heavy (non-hydrogen) atoms. The van der Waals surface area contributed by atoms with Crippen LogP contribution in [-0.2, 0) is 12.8 Å². The first kappa shape index (κ1) is 14.6. The van der Waals surface area contributed by atoms with Gasteiger partial charge in [-0.2, -0.15) is 13.2 Å². The Hall–Kier alpha value is -1.77. The van der Waals surface area contributed by atoms with Crippen LogP contribution in [-0.4, -0.2) is 29.8 Å². The van der Waals surface area contributed by atoms with Crippen molar-refractivity contribution in [3.05, 3.63) is 16.0 Å². The number of anilines is 1. The number of carbonyl (C=O) groups excluding carboxylic acids is 1. The van der Waals surface area contributed by atoms with Crippen LogP contribution < -0.4 is 10.6 Å². The zero-order valence-corrected chi connectivity index (χ0v) is 11.0. The Labute approximate surface area is 115 Å². The van der Waals surface area contributed by atoms with Crippen molar-refractivity contribution in [3.8, 4) is 0 Å². The van der Waals surface area contributed by atoms with Gasteiger partial charge < -0.3 is 10.4 Å². The standard InChI is InChI=1S/C11H11F3N2O3S/c12-11(13,14)4-15-10(19)16-8-7(9(17)18)5-2-1-3-6(5)20-8/h1-4H2,(H,17,18)(H2,15,16,19). The van der Waals surface area contributed by atoms with Crippen molar-refractivity contribution in [3.63, 3.8) is 0 Å². The molecule has 1 aromatic heterocycles. The summed E-state index contributed by atoms with van der Waals surface area (Å²) >= 11 is 1.10. The van der Waals surface area contributed by atoms with E-state index >= 15 is 0 Å². The summed E-state index contributed by atoms with van der Waals surface area (Å²) in [5.74, 6) is -1.18. The van der Waals surface area contributed by atoms with Crippen molar-refractivity contribution in [2.45, 2.75) is 25.4 Å². The van der Waals surface area contributed by atoms with Gasteiger partial charge in [0.05, 0.1) is 5.56 Å². The van der Waals surface area contributed by atoms with E-state index in [9.17, 15) is 22.8 Å². The number of halogens is 3. The summed E-state index contributed by atoms with van der Waals surface area (Å²) < 4.78 is 35.9. The average molecular weight is 308 g/mol. The minimum Gasteiger partial charge on any atom is -0.478 e. The highest BCUT2D eigenvalue weighted by atomic mass is 32.1. The molecule has 0 saturated carbocycles. The fourth-order valence-electron chi connectivity index (χ4n) is 2.05. The summed E-state index contributed by atoms with van der Waals surface area (Å²) in [6.45, 7) is -1.47. The third-order valence-corrected chi connectivity index (χ3v) is 4.02. The number of carboxylic acids is 1. The largest absolute Gasteiger partial charge is 0.478 e. The molecule has 1 aliphatic carbocycles. The summed E-state index contributed by atoms with van der Waals surface area (Å²) in [6.07, 6.45) is -2.32. The number of thiophene rings is 1. The van der Waals surface area contributed by atoms with Crippen molar-refractivity contribution in [1.82, 2.24) is 5.32 Å². The van der Waals surface area contributed by atoms with Gasteiger partial charge in [0.25, 0.3) is 0 Å². The molecule has 0 aromatic carbocycles. The molecule has 5 nitrogen and oxygen atoms in total. The van der Waals surface area contributed by atoms with Crippen LogP contribution in [0.5, 0.6) is 0 Å². The van der Waals surface area contributed by atoms with Gasteiger partial charge in [0.1, 0.15) is 11.5 Å². The second kappa shape index (κ2) is 5.31. The Morgan fingerprint density at radius 2 is 2.00 bits per heavy atom. The Bertz CT molecular complexity index is 554. The van der Waals surface area contributed by atoms with E-state index in [0.29, 0.717) is 12.0 Å². The zero-order chi connectivity index (χ0) is 14.9. The smallest absolute Gasteiger partial charge is 0.405 e. The average Bonchev–Trinajstić information content (AvgIpc) is 2.84. The molecule has 3 N–H and O–H groups in total. The summed E-state index contributed by atoms with van der Waals surface area (Å²) in [5, 5.41) is 13.1. The SMILES string of the molecule is O=C(NCC(F)(F)F)Nc1sc2c(c1C(=O)O)CCC2. The van der Waals surface area contributed by atoms with Gasteiger partial charge in [-0.05, 0) is 24.8 Å². The highest BCUT2D eigenvalue weighted by Gasteiger charge is 2.29. The predicted molar refractivity (Wildman–Crippen MR) is 66.4 cm³/mol. The number of carbonyl (C=O) groups is 2. The van der Waals surface area contributed by atoms with E-state index < -0.39 is 24.7 Å². The maximum atomic E-state index is 12.0. The summed E-state index contributed by atoms with van der Waals surface area (Å²) in [6, 6.07) is -1.07. The van der Waals surface area contributed by atoms with E-state index in [0.717, 1.165) is 29.1 Å². The predicted octanol–water partition coefficient (Wildman–Crippen LogP) is 2.62. The number of urea groups is 1. The van der Waals surface area contributed by atoms with Gasteiger partial charge in [0, 0.05) is 4.88 Å². The molecular weight excluding hydrogens is 297 g/mol. The molecule has 0 atom stereocenters. The van der Waals surface area contributed by atoms with E-state index in [1.807, 2.05) is 0 Å². The fourth-order valence-corrected chi connectivity index (χ4v) is 3.32. The molecule has 0 aliphatic heterocycles. The van der Waals surface area contributed by atoms with Crippen molar-refractivity contribution in [2.75, 3.05) is 11.9 Å². The van der Waals surface area contributed by atoms with Crippen LogP contribution in [0.3, 0.4) is 0 Å². The van der Waals surface area contributed by atoms with Crippen LogP contribution >= 0.6 is 11.3 Å². The monoisotopic (exact) mass is 308 g/mol. The van der Waals surface area contributed by atoms with Gasteiger partial charge in [-0.25, -0.2) is 9.59 Å². The van der Waals surface area contributed by atoms with E-state index in [1.54, 1.807) is 5.32 Å². The molecule has 2 rings (SSSR count). The van der Waals surface area contributed by atoms with E-state index in [1.165, 1.54) is 0 Å². The molecule has 0 spiro atoms. The normalized spacial score (nSPS) is 13.9.